The minimum atomic E-state index is 0.182. The van der Waals surface area contributed by atoms with E-state index in [1.807, 2.05) is 0 Å². The minimum absolute atomic E-state index is 0.182. The summed E-state index contributed by atoms with van der Waals surface area (Å²) in [5.74, 6) is 2.57. The molecule has 0 saturated carbocycles. The van der Waals surface area contributed by atoms with Crippen molar-refractivity contribution in [3.05, 3.63) is 39.8 Å². The predicted octanol–water partition coefficient (Wildman–Crippen LogP) is 3.93. The number of piperidine rings is 1. The molecule has 2 aromatic rings. The van der Waals surface area contributed by atoms with Gasteiger partial charge in [0.25, 0.3) is 0 Å². The second kappa shape index (κ2) is 6.28. The van der Waals surface area contributed by atoms with Crippen molar-refractivity contribution in [3.8, 4) is 0 Å². The molecule has 0 aromatic carbocycles. The first-order valence-electron chi connectivity index (χ1n) is 8.77. The van der Waals surface area contributed by atoms with E-state index in [-0.39, 0.29) is 11.7 Å². The first-order valence-corrected chi connectivity index (χ1v) is 9.65. The summed E-state index contributed by atoms with van der Waals surface area (Å²) in [5, 5.41) is 2.08. The molecule has 1 aliphatic carbocycles. The molecule has 126 valence electrons. The molecule has 0 amide bonds. The Bertz CT molecular complexity index is 733. The van der Waals surface area contributed by atoms with Crippen LogP contribution < -0.4 is 4.90 Å². The molecule has 0 bridgehead atoms. The molecule has 0 unspecified atom stereocenters. The number of rotatable bonds is 2. The number of fused-ring (bicyclic) bond motifs is 1. The monoisotopic (exact) mass is 341 g/mol. The van der Waals surface area contributed by atoms with Crippen LogP contribution in [0.15, 0.2) is 23.7 Å². The fraction of sp³-hybridized carbons (Fsp3) is 0.526. The fourth-order valence-electron chi connectivity index (χ4n) is 4.14. The molecular weight excluding hydrogens is 318 g/mol. The highest BCUT2D eigenvalue weighted by Crippen LogP contribution is 2.34. The van der Waals surface area contributed by atoms with E-state index < -0.39 is 0 Å². The summed E-state index contributed by atoms with van der Waals surface area (Å²) < 4.78 is 0. The maximum atomic E-state index is 12.5. The summed E-state index contributed by atoms with van der Waals surface area (Å²) >= 11 is 1.73. The summed E-state index contributed by atoms with van der Waals surface area (Å²) in [6, 6.07) is 4.19. The molecule has 4 nitrogen and oxygen atoms in total. The summed E-state index contributed by atoms with van der Waals surface area (Å²) in [7, 11) is 0. The number of nitrogens with zero attached hydrogens (tertiary/aromatic N) is 3. The molecule has 2 aromatic heterocycles. The third-order valence-corrected chi connectivity index (χ3v) is 6.16. The second-order valence-corrected chi connectivity index (χ2v) is 8.40. The Morgan fingerprint density at radius 3 is 2.71 bits per heavy atom. The van der Waals surface area contributed by atoms with Gasteiger partial charge in [0.15, 0.2) is 5.78 Å². The Balaban J connectivity index is 1.62. The van der Waals surface area contributed by atoms with Gasteiger partial charge in [-0.3, -0.25) is 4.79 Å². The van der Waals surface area contributed by atoms with Gasteiger partial charge in [-0.1, -0.05) is 19.9 Å². The van der Waals surface area contributed by atoms with Crippen molar-refractivity contribution >= 4 is 23.1 Å². The minimum Gasteiger partial charge on any atom is -0.340 e. The summed E-state index contributed by atoms with van der Waals surface area (Å²) in [5.41, 5.74) is 1.66. The standard InChI is InChI=1S/C19H23N3OS/c1-12-6-13(2)11-22(10-12)19-20-9-15-16(21-19)7-14(8-17(15)23)18-4-3-5-24-18/h3-5,9,12-14H,6-8,10-11H2,1-2H3/t12-,13-,14-/m1/s1. The summed E-state index contributed by atoms with van der Waals surface area (Å²) in [6.07, 6.45) is 4.44. The Kier molecular flexibility index (Phi) is 4.12. The fourth-order valence-corrected chi connectivity index (χ4v) is 4.97. The molecule has 3 atom stereocenters. The number of thiophene rings is 1. The van der Waals surface area contributed by atoms with Crippen LogP contribution in [0.25, 0.3) is 0 Å². The first kappa shape index (κ1) is 15.8. The predicted molar refractivity (Wildman–Crippen MR) is 96.9 cm³/mol. The molecule has 24 heavy (non-hydrogen) atoms. The molecule has 1 fully saturated rings. The van der Waals surface area contributed by atoms with E-state index in [9.17, 15) is 4.79 Å². The second-order valence-electron chi connectivity index (χ2n) is 7.43. The van der Waals surface area contributed by atoms with Crippen LogP contribution in [0.1, 0.15) is 53.5 Å². The van der Waals surface area contributed by atoms with Crippen molar-refractivity contribution in [3.63, 3.8) is 0 Å². The smallest absolute Gasteiger partial charge is 0.225 e. The Hall–Kier alpha value is -1.75. The lowest BCUT2D eigenvalue weighted by Gasteiger charge is -2.35. The van der Waals surface area contributed by atoms with Crippen molar-refractivity contribution in [1.82, 2.24) is 9.97 Å². The van der Waals surface area contributed by atoms with Crippen LogP contribution in [0.4, 0.5) is 5.95 Å². The van der Waals surface area contributed by atoms with Crippen LogP contribution in [-0.4, -0.2) is 28.8 Å². The van der Waals surface area contributed by atoms with E-state index in [4.69, 9.17) is 4.98 Å². The number of ketones is 1. The van der Waals surface area contributed by atoms with Gasteiger partial charge in [-0.25, -0.2) is 9.97 Å². The molecule has 4 rings (SSSR count). The number of carbonyl (C=O) groups is 1. The van der Waals surface area contributed by atoms with Gasteiger partial charge < -0.3 is 4.90 Å². The number of hydrogen-bond donors (Lipinski definition) is 0. The topological polar surface area (TPSA) is 46.1 Å². The average molecular weight is 341 g/mol. The van der Waals surface area contributed by atoms with Gasteiger partial charge in [-0.05, 0) is 36.1 Å². The third kappa shape index (κ3) is 2.97. The molecule has 1 saturated heterocycles. The van der Waals surface area contributed by atoms with Crippen molar-refractivity contribution in [1.29, 1.82) is 0 Å². The lowest BCUT2D eigenvalue weighted by molar-refractivity contribution is 0.0963. The number of Topliss-reactive ketones (excluding diaryl/α,β-unsaturated/α-hetero) is 1. The maximum absolute atomic E-state index is 12.5. The largest absolute Gasteiger partial charge is 0.340 e. The van der Waals surface area contributed by atoms with Gasteiger partial charge in [0.05, 0.1) is 11.3 Å². The lowest BCUT2D eigenvalue weighted by atomic mass is 9.85. The van der Waals surface area contributed by atoms with Crippen LogP contribution in [0, 0.1) is 11.8 Å². The molecule has 0 N–H and O–H groups in total. The van der Waals surface area contributed by atoms with E-state index in [1.165, 1.54) is 11.3 Å². The van der Waals surface area contributed by atoms with E-state index >= 15 is 0 Å². The number of aromatic nitrogens is 2. The van der Waals surface area contributed by atoms with Crippen molar-refractivity contribution in [2.75, 3.05) is 18.0 Å². The van der Waals surface area contributed by atoms with Crippen molar-refractivity contribution in [2.45, 2.75) is 39.0 Å². The number of anilines is 1. The van der Waals surface area contributed by atoms with Gasteiger partial charge >= 0.3 is 0 Å². The molecule has 3 heterocycles. The van der Waals surface area contributed by atoms with Crippen LogP contribution in [0.3, 0.4) is 0 Å². The summed E-state index contributed by atoms with van der Waals surface area (Å²) in [6.45, 7) is 6.59. The molecule has 1 aliphatic heterocycles. The Morgan fingerprint density at radius 2 is 2.00 bits per heavy atom. The SMILES string of the molecule is C[C@@H]1C[C@@H](C)CN(c2ncc3c(n2)C[C@@H](c2cccs2)CC3=O)C1. The molecule has 0 spiro atoms. The zero-order valence-corrected chi connectivity index (χ0v) is 15.1. The molecule has 2 aliphatic rings. The normalized spacial score (nSPS) is 27.2. The highest BCUT2D eigenvalue weighted by Gasteiger charge is 2.30. The number of carbonyl (C=O) groups excluding carboxylic acids is 1. The van der Waals surface area contributed by atoms with Gasteiger partial charge in [-0.2, -0.15) is 0 Å². The highest BCUT2D eigenvalue weighted by atomic mass is 32.1. The highest BCUT2D eigenvalue weighted by molar-refractivity contribution is 7.10. The molecule has 5 heteroatoms. The van der Waals surface area contributed by atoms with Crippen LogP contribution in [0.5, 0.6) is 0 Å². The van der Waals surface area contributed by atoms with Crippen LogP contribution in [0.2, 0.25) is 0 Å². The van der Waals surface area contributed by atoms with Gasteiger partial charge in [-0.15, -0.1) is 11.3 Å². The zero-order valence-electron chi connectivity index (χ0n) is 14.2. The van der Waals surface area contributed by atoms with Crippen molar-refractivity contribution < 1.29 is 4.79 Å². The van der Waals surface area contributed by atoms with E-state index in [0.717, 1.165) is 36.7 Å². The lowest BCUT2D eigenvalue weighted by Crippen LogP contribution is -2.40. The Labute approximate surface area is 146 Å². The van der Waals surface area contributed by atoms with Gasteiger partial charge in [0.1, 0.15) is 0 Å². The molecule has 0 radical (unpaired) electrons. The van der Waals surface area contributed by atoms with E-state index in [2.05, 4.69) is 41.2 Å². The average Bonchev–Trinajstić information content (AvgIpc) is 3.08. The van der Waals surface area contributed by atoms with Crippen LogP contribution in [-0.2, 0) is 6.42 Å². The van der Waals surface area contributed by atoms with Crippen molar-refractivity contribution in [2.24, 2.45) is 11.8 Å². The van der Waals surface area contributed by atoms with E-state index in [1.54, 1.807) is 17.5 Å². The quantitative estimate of drug-likeness (QED) is 0.830. The maximum Gasteiger partial charge on any atom is 0.225 e. The Morgan fingerprint density at radius 1 is 1.21 bits per heavy atom. The first-order chi connectivity index (χ1) is 11.6. The van der Waals surface area contributed by atoms with Crippen LogP contribution >= 0.6 is 11.3 Å². The summed E-state index contributed by atoms with van der Waals surface area (Å²) in [4.78, 5) is 25.4. The number of hydrogen-bond acceptors (Lipinski definition) is 5. The third-order valence-electron chi connectivity index (χ3n) is 5.12. The molecular formula is C19H23N3OS. The van der Waals surface area contributed by atoms with E-state index in [0.29, 0.717) is 18.3 Å². The zero-order chi connectivity index (χ0) is 16.7. The van der Waals surface area contributed by atoms with Gasteiger partial charge in [0.2, 0.25) is 5.95 Å². The van der Waals surface area contributed by atoms with Gasteiger partial charge in [0, 0.05) is 36.5 Å².